The Morgan fingerprint density at radius 2 is 1.95 bits per heavy atom. The number of hydrogen-bond acceptors (Lipinski definition) is 3. The molecule has 0 unspecified atom stereocenters. The standard InChI is InChI=1S/C17H21N3O2/c1-12-5-4-6-14(9-12)20-17(18)19-11-13-7-8-15(21-2)10-16(13)22-3/h4-10H,11H2,1-3H3,(H3,18,19,20). The molecular formula is C17H21N3O2. The molecule has 0 amide bonds. The number of nitrogens with zero attached hydrogens (tertiary/aromatic N) is 1. The zero-order valence-electron chi connectivity index (χ0n) is 13.1. The molecule has 2 aromatic rings. The van der Waals surface area contributed by atoms with E-state index in [0.717, 1.165) is 28.3 Å². The molecule has 0 aromatic heterocycles. The lowest BCUT2D eigenvalue weighted by molar-refractivity contribution is 0.391. The lowest BCUT2D eigenvalue weighted by Gasteiger charge is -2.10. The summed E-state index contributed by atoms with van der Waals surface area (Å²) in [5.74, 6) is 1.84. The summed E-state index contributed by atoms with van der Waals surface area (Å²) in [6.07, 6.45) is 0. The minimum atomic E-state index is 0.364. The highest BCUT2D eigenvalue weighted by atomic mass is 16.5. The zero-order chi connectivity index (χ0) is 15.9. The molecule has 5 heteroatoms. The number of hydrogen-bond donors (Lipinski definition) is 2. The van der Waals surface area contributed by atoms with Crippen molar-refractivity contribution in [3.8, 4) is 11.5 Å². The minimum absolute atomic E-state index is 0.364. The fourth-order valence-corrected chi connectivity index (χ4v) is 2.06. The van der Waals surface area contributed by atoms with Crippen LogP contribution in [0.3, 0.4) is 0 Å². The third kappa shape index (κ3) is 4.15. The van der Waals surface area contributed by atoms with Gasteiger partial charge in [-0.2, -0.15) is 0 Å². The SMILES string of the molecule is COc1ccc(CN=C(N)Nc2cccc(C)c2)c(OC)c1. The van der Waals surface area contributed by atoms with Crippen LogP contribution in [0.2, 0.25) is 0 Å². The van der Waals surface area contributed by atoms with Gasteiger partial charge in [0.2, 0.25) is 0 Å². The van der Waals surface area contributed by atoms with Gasteiger partial charge in [0, 0.05) is 17.3 Å². The number of nitrogens with two attached hydrogens (primary N) is 1. The number of ether oxygens (including phenoxy) is 2. The van der Waals surface area contributed by atoms with Crippen LogP contribution in [0.15, 0.2) is 47.5 Å². The van der Waals surface area contributed by atoms with Crippen molar-refractivity contribution < 1.29 is 9.47 Å². The van der Waals surface area contributed by atoms with Gasteiger partial charge in [-0.25, -0.2) is 4.99 Å². The molecule has 0 aliphatic carbocycles. The number of anilines is 1. The maximum absolute atomic E-state index is 5.92. The molecule has 0 saturated carbocycles. The van der Waals surface area contributed by atoms with Crippen LogP contribution in [0.25, 0.3) is 0 Å². The third-order valence-electron chi connectivity index (χ3n) is 3.20. The van der Waals surface area contributed by atoms with Gasteiger partial charge in [-0.15, -0.1) is 0 Å². The van der Waals surface area contributed by atoms with Gasteiger partial charge in [-0.05, 0) is 36.8 Å². The summed E-state index contributed by atoms with van der Waals surface area (Å²) in [5, 5.41) is 3.08. The molecule has 0 atom stereocenters. The van der Waals surface area contributed by atoms with E-state index in [1.165, 1.54) is 0 Å². The first kappa shape index (κ1) is 15.7. The lowest BCUT2D eigenvalue weighted by atomic mass is 10.2. The number of aryl methyl sites for hydroxylation is 1. The minimum Gasteiger partial charge on any atom is -0.497 e. The van der Waals surface area contributed by atoms with Crippen LogP contribution in [0.1, 0.15) is 11.1 Å². The Hall–Kier alpha value is -2.69. The molecule has 0 saturated heterocycles. The van der Waals surface area contributed by atoms with Gasteiger partial charge in [0.25, 0.3) is 0 Å². The topological polar surface area (TPSA) is 68.9 Å². The maximum Gasteiger partial charge on any atom is 0.193 e. The molecule has 2 aromatic carbocycles. The maximum atomic E-state index is 5.92. The Morgan fingerprint density at radius 1 is 1.14 bits per heavy atom. The molecule has 0 spiro atoms. The Labute approximate surface area is 130 Å². The predicted molar refractivity (Wildman–Crippen MR) is 89.7 cm³/mol. The normalized spacial score (nSPS) is 11.1. The van der Waals surface area contributed by atoms with Crippen molar-refractivity contribution >= 4 is 11.6 Å². The van der Waals surface area contributed by atoms with Crippen LogP contribution in [-0.2, 0) is 6.54 Å². The Balaban J connectivity index is 2.07. The molecule has 0 aliphatic rings. The van der Waals surface area contributed by atoms with Crippen molar-refractivity contribution in [2.45, 2.75) is 13.5 Å². The van der Waals surface area contributed by atoms with Crippen molar-refractivity contribution in [2.75, 3.05) is 19.5 Å². The van der Waals surface area contributed by atoms with E-state index >= 15 is 0 Å². The van der Waals surface area contributed by atoms with E-state index in [-0.39, 0.29) is 0 Å². The van der Waals surface area contributed by atoms with E-state index in [1.54, 1.807) is 14.2 Å². The highest BCUT2D eigenvalue weighted by Crippen LogP contribution is 2.25. The van der Waals surface area contributed by atoms with Crippen LogP contribution < -0.4 is 20.5 Å². The number of nitrogens with one attached hydrogen (secondary N) is 1. The van der Waals surface area contributed by atoms with Crippen LogP contribution in [0, 0.1) is 6.92 Å². The molecule has 2 rings (SSSR count). The quantitative estimate of drug-likeness (QED) is 0.658. The molecule has 116 valence electrons. The molecule has 0 aliphatic heterocycles. The summed E-state index contributed by atoms with van der Waals surface area (Å²) < 4.78 is 10.5. The van der Waals surface area contributed by atoms with E-state index in [1.807, 2.05) is 49.4 Å². The number of rotatable bonds is 5. The number of benzene rings is 2. The number of methoxy groups -OCH3 is 2. The average molecular weight is 299 g/mol. The van der Waals surface area contributed by atoms with Gasteiger partial charge < -0.3 is 20.5 Å². The Morgan fingerprint density at radius 3 is 2.64 bits per heavy atom. The summed E-state index contributed by atoms with van der Waals surface area (Å²) in [5.41, 5.74) is 8.95. The molecule has 3 N–H and O–H groups in total. The zero-order valence-corrected chi connectivity index (χ0v) is 13.1. The van der Waals surface area contributed by atoms with Gasteiger partial charge in [0.1, 0.15) is 11.5 Å². The molecular weight excluding hydrogens is 278 g/mol. The molecule has 0 bridgehead atoms. The van der Waals surface area contributed by atoms with Crippen molar-refractivity contribution in [2.24, 2.45) is 10.7 Å². The van der Waals surface area contributed by atoms with Gasteiger partial charge in [0.05, 0.1) is 20.8 Å². The van der Waals surface area contributed by atoms with Crippen molar-refractivity contribution in [1.29, 1.82) is 0 Å². The average Bonchev–Trinajstić information content (AvgIpc) is 2.52. The van der Waals surface area contributed by atoms with E-state index < -0.39 is 0 Å². The smallest absolute Gasteiger partial charge is 0.193 e. The second kappa shape index (κ2) is 7.36. The fraction of sp³-hybridized carbons (Fsp3) is 0.235. The monoisotopic (exact) mass is 299 g/mol. The highest BCUT2D eigenvalue weighted by molar-refractivity contribution is 5.92. The Kier molecular flexibility index (Phi) is 5.25. The second-order valence-electron chi connectivity index (χ2n) is 4.87. The van der Waals surface area contributed by atoms with Crippen LogP contribution in [0.5, 0.6) is 11.5 Å². The number of aliphatic imine (C=N–C) groups is 1. The van der Waals surface area contributed by atoms with Crippen molar-refractivity contribution in [3.63, 3.8) is 0 Å². The van der Waals surface area contributed by atoms with Gasteiger partial charge in [-0.3, -0.25) is 0 Å². The first-order chi connectivity index (χ1) is 10.6. The summed E-state index contributed by atoms with van der Waals surface area (Å²) in [4.78, 5) is 4.35. The highest BCUT2D eigenvalue weighted by Gasteiger charge is 2.04. The first-order valence-corrected chi connectivity index (χ1v) is 6.97. The van der Waals surface area contributed by atoms with E-state index in [9.17, 15) is 0 Å². The van der Waals surface area contributed by atoms with Crippen LogP contribution in [0.4, 0.5) is 5.69 Å². The van der Waals surface area contributed by atoms with E-state index in [4.69, 9.17) is 15.2 Å². The summed E-state index contributed by atoms with van der Waals surface area (Å²) in [6, 6.07) is 13.6. The van der Waals surface area contributed by atoms with Crippen molar-refractivity contribution in [3.05, 3.63) is 53.6 Å². The van der Waals surface area contributed by atoms with Crippen molar-refractivity contribution in [1.82, 2.24) is 0 Å². The largest absolute Gasteiger partial charge is 0.497 e. The van der Waals surface area contributed by atoms with Gasteiger partial charge >= 0.3 is 0 Å². The fourth-order valence-electron chi connectivity index (χ4n) is 2.06. The molecule has 22 heavy (non-hydrogen) atoms. The lowest BCUT2D eigenvalue weighted by Crippen LogP contribution is -2.22. The van der Waals surface area contributed by atoms with Gasteiger partial charge in [0.15, 0.2) is 5.96 Å². The van der Waals surface area contributed by atoms with Gasteiger partial charge in [-0.1, -0.05) is 12.1 Å². The molecule has 0 radical (unpaired) electrons. The van der Waals surface area contributed by atoms with E-state index in [2.05, 4.69) is 10.3 Å². The first-order valence-electron chi connectivity index (χ1n) is 6.97. The third-order valence-corrected chi connectivity index (χ3v) is 3.20. The van der Waals surface area contributed by atoms with Crippen LogP contribution >= 0.6 is 0 Å². The Bertz CT molecular complexity index is 669. The number of guanidine groups is 1. The molecule has 0 fully saturated rings. The summed E-state index contributed by atoms with van der Waals surface area (Å²) >= 11 is 0. The van der Waals surface area contributed by atoms with Crippen LogP contribution in [-0.4, -0.2) is 20.2 Å². The van der Waals surface area contributed by atoms with E-state index in [0.29, 0.717) is 12.5 Å². The molecule has 5 nitrogen and oxygen atoms in total. The summed E-state index contributed by atoms with van der Waals surface area (Å²) in [6.45, 7) is 2.46. The predicted octanol–water partition coefficient (Wildman–Crippen LogP) is 2.94. The molecule has 0 heterocycles. The second-order valence-corrected chi connectivity index (χ2v) is 4.87. The summed E-state index contributed by atoms with van der Waals surface area (Å²) in [7, 11) is 3.24.